The second-order valence-electron chi connectivity index (χ2n) is 6.86. The van der Waals surface area contributed by atoms with Gasteiger partial charge in [-0.3, -0.25) is 14.9 Å². The number of nitriles is 1. The van der Waals surface area contributed by atoms with Gasteiger partial charge in [0.05, 0.1) is 27.8 Å². The molecule has 2 aromatic rings. The van der Waals surface area contributed by atoms with E-state index < -0.39 is 48.5 Å². The summed E-state index contributed by atoms with van der Waals surface area (Å²) in [5.41, 5.74) is -2.16. The Hall–Kier alpha value is -3.00. The second kappa shape index (κ2) is 6.52. The van der Waals surface area contributed by atoms with Crippen molar-refractivity contribution in [2.24, 2.45) is 0 Å². The quantitative estimate of drug-likeness (QED) is 0.750. The Balaban J connectivity index is 1.59. The van der Waals surface area contributed by atoms with Crippen molar-refractivity contribution in [1.29, 1.82) is 5.26 Å². The van der Waals surface area contributed by atoms with E-state index in [0.29, 0.717) is 0 Å². The number of alkyl halides is 2. The van der Waals surface area contributed by atoms with Crippen LogP contribution < -0.4 is 5.32 Å². The molecule has 29 heavy (non-hydrogen) atoms. The third kappa shape index (κ3) is 3.04. The fourth-order valence-electron chi connectivity index (χ4n) is 3.54. The van der Waals surface area contributed by atoms with Gasteiger partial charge in [-0.1, -0.05) is 0 Å². The van der Waals surface area contributed by atoms with E-state index in [2.05, 4.69) is 31.2 Å². The molecule has 4 rings (SSSR count). The van der Waals surface area contributed by atoms with Crippen LogP contribution >= 0.6 is 15.9 Å². The molecule has 7 nitrogen and oxygen atoms in total. The van der Waals surface area contributed by atoms with Gasteiger partial charge in [0.1, 0.15) is 18.4 Å². The number of hydrogen-bond donors (Lipinski definition) is 1. The number of hydrogen-bond acceptors (Lipinski definition) is 5. The van der Waals surface area contributed by atoms with Crippen LogP contribution in [0.1, 0.15) is 27.9 Å². The molecule has 1 saturated carbocycles. The lowest BCUT2D eigenvalue weighted by Gasteiger charge is -2.34. The van der Waals surface area contributed by atoms with Crippen molar-refractivity contribution in [3.63, 3.8) is 0 Å². The average Bonchev–Trinajstić information content (AvgIpc) is 3.22. The van der Waals surface area contributed by atoms with Crippen LogP contribution in [-0.4, -0.2) is 45.7 Å². The third-order valence-electron chi connectivity index (χ3n) is 5.02. The number of amides is 2. The fourth-order valence-corrected chi connectivity index (χ4v) is 3.87. The minimum atomic E-state index is -3.19. The number of anilines is 1. The van der Waals surface area contributed by atoms with E-state index >= 15 is 0 Å². The van der Waals surface area contributed by atoms with Crippen molar-refractivity contribution in [1.82, 2.24) is 14.9 Å². The number of nitrogens with one attached hydrogen (secondary N) is 1. The van der Waals surface area contributed by atoms with Gasteiger partial charge in [-0.2, -0.15) is 5.26 Å². The maximum Gasteiger partial charge on any atom is 0.260 e. The van der Waals surface area contributed by atoms with E-state index in [9.17, 15) is 22.8 Å². The smallest absolute Gasteiger partial charge is 0.260 e. The first-order chi connectivity index (χ1) is 13.7. The lowest BCUT2D eigenvalue weighted by molar-refractivity contribution is -0.117. The van der Waals surface area contributed by atoms with Gasteiger partial charge in [-0.15, -0.1) is 0 Å². The fraction of sp³-hybridized carbons (Fsp3) is 0.278. The molecule has 1 aliphatic carbocycles. The van der Waals surface area contributed by atoms with Gasteiger partial charge < -0.3 is 4.90 Å². The maximum atomic E-state index is 14.6. The van der Waals surface area contributed by atoms with Crippen LogP contribution in [0.4, 0.5) is 19.1 Å². The molecule has 1 aliphatic heterocycles. The van der Waals surface area contributed by atoms with E-state index in [0.717, 1.165) is 4.90 Å². The molecule has 1 fully saturated rings. The molecule has 0 bridgehead atoms. The number of rotatable bonds is 3. The predicted octanol–water partition coefficient (Wildman–Crippen LogP) is 2.62. The molecule has 1 aromatic carbocycles. The first-order valence-electron chi connectivity index (χ1n) is 8.36. The summed E-state index contributed by atoms with van der Waals surface area (Å²) in [7, 11) is 0. The van der Waals surface area contributed by atoms with Gasteiger partial charge >= 0.3 is 0 Å². The van der Waals surface area contributed by atoms with E-state index in [1.54, 1.807) is 0 Å². The molecule has 1 aromatic heterocycles. The summed E-state index contributed by atoms with van der Waals surface area (Å²) in [6, 6.07) is 4.37. The maximum absolute atomic E-state index is 14.6. The molecule has 2 aliphatic rings. The molecule has 0 radical (unpaired) electrons. The van der Waals surface area contributed by atoms with Gasteiger partial charge in [0.25, 0.3) is 11.8 Å². The van der Waals surface area contributed by atoms with E-state index in [4.69, 9.17) is 5.26 Å². The highest BCUT2D eigenvalue weighted by atomic mass is 79.9. The van der Waals surface area contributed by atoms with Crippen LogP contribution in [0.25, 0.3) is 0 Å². The van der Waals surface area contributed by atoms with Crippen LogP contribution in [0.2, 0.25) is 0 Å². The van der Waals surface area contributed by atoms with Crippen molar-refractivity contribution >= 4 is 33.7 Å². The number of benzene rings is 1. The molecule has 11 heteroatoms. The Bertz CT molecular complexity index is 1090. The van der Waals surface area contributed by atoms with Crippen molar-refractivity contribution in [2.45, 2.75) is 17.8 Å². The highest BCUT2D eigenvalue weighted by Crippen LogP contribution is 2.64. The minimum Gasteiger partial charge on any atom is -0.328 e. The lowest BCUT2D eigenvalue weighted by atomic mass is 9.85. The molecule has 1 N–H and O–H groups in total. The van der Waals surface area contributed by atoms with Crippen LogP contribution in [0, 0.1) is 17.1 Å². The molecular weight excluding hydrogens is 455 g/mol. The summed E-state index contributed by atoms with van der Waals surface area (Å²) in [5.74, 6) is -5.59. The summed E-state index contributed by atoms with van der Waals surface area (Å²) in [6.07, 6.45) is 1.79. The molecule has 0 saturated heterocycles. The Morgan fingerprint density at radius 2 is 2.00 bits per heavy atom. The van der Waals surface area contributed by atoms with Crippen molar-refractivity contribution < 1.29 is 22.8 Å². The Labute approximate surface area is 170 Å². The zero-order valence-corrected chi connectivity index (χ0v) is 16.1. The highest BCUT2D eigenvalue weighted by molar-refractivity contribution is 9.10. The highest BCUT2D eigenvalue weighted by Gasteiger charge is 2.75. The topological polar surface area (TPSA) is 99.0 Å². The summed E-state index contributed by atoms with van der Waals surface area (Å²) in [6.45, 7) is -1.02. The molecule has 0 unspecified atom stereocenters. The van der Waals surface area contributed by atoms with Crippen LogP contribution in [0.3, 0.4) is 0 Å². The van der Waals surface area contributed by atoms with Crippen molar-refractivity contribution in [2.75, 3.05) is 18.4 Å². The van der Waals surface area contributed by atoms with Crippen molar-refractivity contribution in [3.8, 4) is 6.07 Å². The standard InChI is InChI=1S/C18H11BrF3N5O2/c19-11-2-1-10-13(14(11)20)17(7-18(17,21)22)8-27(15(10)29)6-12(28)26-16-24-4-9(3-23)5-25-16/h1-2,4-5H,6-8H2,(H,24,25,26,28)/t17-/m0/s1. The molecule has 1 atom stereocenters. The SMILES string of the molecule is N#Cc1cnc(NC(=O)CN2C[C@@]3(CC3(F)F)c3c(ccc(Br)c3F)C2=O)nc1. The lowest BCUT2D eigenvalue weighted by Crippen LogP contribution is -2.49. The first-order valence-corrected chi connectivity index (χ1v) is 9.15. The minimum absolute atomic E-state index is 0.00437. The van der Waals surface area contributed by atoms with Gasteiger partial charge in [-0.05, 0) is 28.1 Å². The van der Waals surface area contributed by atoms with E-state index in [-0.39, 0.29) is 27.1 Å². The predicted molar refractivity (Wildman–Crippen MR) is 96.6 cm³/mol. The number of nitrogens with zero attached hydrogens (tertiary/aromatic N) is 4. The van der Waals surface area contributed by atoms with Gasteiger partial charge in [0.15, 0.2) is 0 Å². The zero-order chi connectivity index (χ0) is 21.0. The number of fused-ring (bicyclic) bond motifs is 2. The molecular formula is C18H11BrF3N5O2. The number of carbonyl (C=O) groups is 2. The summed E-state index contributed by atoms with van der Waals surface area (Å²) >= 11 is 2.97. The third-order valence-corrected chi connectivity index (χ3v) is 5.63. The normalized spacial score (nSPS) is 21.5. The molecule has 148 valence electrons. The van der Waals surface area contributed by atoms with Gasteiger partial charge in [0.2, 0.25) is 11.9 Å². The summed E-state index contributed by atoms with van der Waals surface area (Å²) in [5, 5.41) is 11.1. The number of carbonyl (C=O) groups excluding carboxylic acids is 2. The summed E-state index contributed by atoms with van der Waals surface area (Å²) in [4.78, 5) is 33.5. The number of halogens is 4. The zero-order valence-electron chi connectivity index (χ0n) is 14.5. The molecule has 2 amide bonds. The molecule has 1 spiro atoms. The number of aromatic nitrogens is 2. The molecule has 2 heterocycles. The monoisotopic (exact) mass is 465 g/mol. The van der Waals surface area contributed by atoms with Gasteiger partial charge in [-0.25, -0.2) is 23.1 Å². The Morgan fingerprint density at radius 3 is 2.59 bits per heavy atom. The Morgan fingerprint density at radius 1 is 1.34 bits per heavy atom. The van der Waals surface area contributed by atoms with Crippen LogP contribution in [0.15, 0.2) is 29.0 Å². The first kappa shape index (κ1) is 19.3. The van der Waals surface area contributed by atoms with Gasteiger partial charge in [0, 0.05) is 24.1 Å². The van der Waals surface area contributed by atoms with E-state index in [1.807, 2.05) is 6.07 Å². The van der Waals surface area contributed by atoms with Crippen LogP contribution in [0.5, 0.6) is 0 Å². The average molecular weight is 466 g/mol. The second-order valence-corrected chi connectivity index (χ2v) is 7.72. The summed E-state index contributed by atoms with van der Waals surface area (Å²) < 4.78 is 43.1. The van der Waals surface area contributed by atoms with E-state index in [1.165, 1.54) is 24.5 Å². The largest absolute Gasteiger partial charge is 0.328 e. The van der Waals surface area contributed by atoms with Crippen LogP contribution in [-0.2, 0) is 10.2 Å². The Kier molecular flexibility index (Phi) is 4.34. The van der Waals surface area contributed by atoms with Crippen molar-refractivity contribution in [3.05, 3.63) is 51.5 Å².